The average molecular weight is 498 g/mol. The molecule has 2 aromatic carbocycles. The van der Waals surface area contributed by atoms with Crippen LogP contribution >= 0.6 is 11.6 Å². The van der Waals surface area contributed by atoms with E-state index in [0.717, 1.165) is 44.2 Å². The first-order chi connectivity index (χ1) is 16.2. The molecule has 9 heteroatoms. The van der Waals surface area contributed by atoms with Gasteiger partial charge in [0.15, 0.2) is 0 Å². The molecule has 0 fully saturated rings. The van der Waals surface area contributed by atoms with E-state index in [2.05, 4.69) is 17.6 Å². The van der Waals surface area contributed by atoms with Gasteiger partial charge in [-0.25, -0.2) is 4.79 Å². The molecule has 0 heterocycles. The van der Waals surface area contributed by atoms with Crippen molar-refractivity contribution in [2.45, 2.75) is 58.0 Å². The van der Waals surface area contributed by atoms with Crippen LogP contribution in [-0.4, -0.2) is 25.0 Å². The molecule has 0 saturated heterocycles. The Morgan fingerprint density at radius 1 is 0.971 bits per heavy atom. The maximum absolute atomic E-state index is 13.2. The number of amides is 3. The summed E-state index contributed by atoms with van der Waals surface area (Å²) in [6.45, 7) is 2.56. The highest BCUT2D eigenvalue weighted by Crippen LogP contribution is 2.32. The lowest BCUT2D eigenvalue weighted by Crippen LogP contribution is -2.37. The van der Waals surface area contributed by atoms with Gasteiger partial charge >= 0.3 is 12.2 Å². The Labute approximate surface area is 203 Å². The van der Waals surface area contributed by atoms with Gasteiger partial charge in [0.2, 0.25) is 5.91 Å². The third kappa shape index (κ3) is 9.63. The molecule has 0 unspecified atom stereocenters. The molecule has 0 aliphatic rings. The Morgan fingerprint density at radius 3 is 2.41 bits per heavy atom. The maximum atomic E-state index is 13.2. The molecule has 186 valence electrons. The molecule has 0 bridgehead atoms. The number of nitrogens with zero attached hydrogens (tertiary/aromatic N) is 1. The van der Waals surface area contributed by atoms with Crippen LogP contribution in [0.4, 0.5) is 29.3 Å². The third-order valence-electron chi connectivity index (χ3n) is 5.19. The molecule has 5 nitrogen and oxygen atoms in total. The van der Waals surface area contributed by atoms with Crippen molar-refractivity contribution in [3.8, 4) is 0 Å². The fourth-order valence-electron chi connectivity index (χ4n) is 3.40. The second-order valence-electron chi connectivity index (χ2n) is 8.01. The molecule has 2 rings (SSSR count). The zero-order valence-corrected chi connectivity index (χ0v) is 20.0. The summed E-state index contributed by atoms with van der Waals surface area (Å²) in [5.41, 5.74) is -0.315. The van der Waals surface area contributed by atoms with Crippen molar-refractivity contribution < 1.29 is 22.8 Å². The monoisotopic (exact) mass is 497 g/mol. The van der Waals surface area contributed by atoms with Gasteiger partial charge < -0.3 is 10.6 Å². The van der Waals surface area contributed by atoms with Crippen molar-refractivity contribution >= 4 is 34.9 Å². The molecular formula is C25H31ClF3N3O2. The first kappa shape index (κ1) is 27.5. The van der Waals surface area contributed by atoms with Gasteiger partial charge in [0, 0.05) is 35.9 Å². The van der Waals surface area contributed by atoms with E-state index in [1.807, 2.05) is 0 Å². The number of urea groups is 1. The second kappa shape index (κ2) is 13.8. The minimum atomic E-state index is -4.53. The van der Waals surface area contributed by atoms with Crippen molar-refractivity contribution in [2.75, 3.05) is 23.3 Å². The molecule has 0 aliphatic heterocycles. The summed E-state index contributed by atoms with van der Waals surface area (Å²) in [5.74, 6) is -0.0644. The molecule has 0 spiro atoms. The largest absolute Gasteiger partial charge is 0.416 e. The summed E-state index contributed by atoms with van der Waals surface area (Å²) in [4.78, 5) is 26.2. The zero-order chi connectivity index (χ0) is 25.0. The smallest absolute Gasteiger partial charge is 0.356 e. The molecule has 0 saturated carbocycles. The molecular weight excluding hydrogens is 467 g/mol. The van der Waals surface area contributed by atoms with Gasteiger partial charge in [-0.3, -0.25) is 9.69 Å². The standard InChI is InChI=1S/C25H31ClF3N3O2/c1-2-3-4-5-6-14-23(33)30-15-9-16-32(22-13-7-10-19(17-22)25(27,28)29)24(34)31-21-12-8-11-20(26)18-21/h7-8,10-13,17-18H,2-6,9,14-16H2,1H3,(H,30,33)(H,31,34). The minimum absolute atomic E-state index is 0.0644. The van der Waals surface area contributed by atoms with Gasteiger partial charge in [0.05, 0.1) is 5.56 Å². The number of hydrogen-bond acceptors (Lipinski definition) is 2. The number of rotatable bonds is 12. The van der Waals surface area contributed by atoms with Crippen LogP contribution in [0.15, 0.2) is 48.5 Å². The molecule has 2 aromatic rings. The van der Waals surface area contributed by atoms with Crippen LogP contribution in [0.5, 0.6) is 0 Å². The van der Waals surface area contributed by atoms with E-state index >= 15 is 0 Å². The summed E-state index contributed by atoms with van der Waals surface area (Å²) in [5, 5.41) is 5.90. The topological polar surface area (TPSA) is 61.4 Å². The van der Waals surface area contributed by atoms with Gasteiger partial charge in [0.1, 0.15) is 0 Å². The van der Waals surface area contributed by atoms with Crippen molar-refractivity contribution in [1.29, 1.82) is 0 Å². The first-order valence-corrected chi connectivity index (χ1v) is 11.9. The molecule has 0 radical (unpaired) electrons. The van der Waals surface area contributed by atoms with Gasteiger partial charge in [-0.05, 0) is 49.2 Å². The van der Waals surface area contributed by atoms with E-state index in [1.165, 1.54) is 17.0 Å². The van der Waals surface area contributed by atoms with Crippen LogP contribution in [0.25, 0.3) is 0 Å². The number of alkyl halides is 3. The lowest BCUT2D eigenvalue weighted by molar-refractivity contribution is -0.137. The number of benzene rings is 2. The fraction of sp³-hybridized carbons (Fsp3) is 0.440. The predicted molar refractivity (Wildman–Crippen MR) is 130 cm³/mol. The number of nitrogens with one attached hydrogen (secondary N) is 2. The summed E-state index contributed by atoms with van der Waals surface area (Å²) in [6.07, 6.45) is 1.52. The maximum Gasteiger partial charge on any atom is 0.416 e. The Bertz CT molecular complexity index is 938. The van der Waals surface area contributed by atoms with Crippen LogP contribution in [0, 0.1) is 0 Å². The van der Waals surface area contributed by atoms with Crippen molar-refractivity contribution in [3.63, 3.8) is 0 Å². The predicted octanol–water partition coefficient (Wildman–Crippen LogP) is 7.26. The third-order valence-corrected chi connectivity index (χ3v) is 5.43. The van der Waals surface area contributed by atoms with E-state index in [1.54, 1.807) is 24.3 Å². The molecule has 34 heavy (non-hydrogen) atoms. The number of unbranched alkanes of at least 4 members (excludes halogenated alkanes) is 4. The molecule has 0 atom stereocenters. The highest BCUT2D eigenvalue weighted by atomic mass is 35.5. The highest BCUT2D eigenvalue weighted by molar-refractivity contribution is 6.30. The quantitative estimate of drug-likeness (QED) is 0.303. The van der Waals surface area contributed by atoms with E-state index in [-0.39, 0.29) is 18.1 Å². The van der Waals surface area contributed by atoms with Crippen LogP contribution in [-0.2, 0) is 11.0 Å². The summed E-state index contributed by atoms with van der Waals surface area (Å²) >= 11 is 5.96. The number of anilines is 2. The Kier molecular flexibility index (Phi) is 11.2. The van der Waals surface area contributed by atoms with Gasteiger partial charge in [-0.2, -0.15) is 13.2 Å². The van der Waals surface area contributed by atoms with E-state index in [0.29, 0.717) is 30.1 Å². The molecule has 0 aliphatic carbocycles. The highest BCUT2D eigenvalue weighted by Gasteiger charge is 2.31. The van der Waals surface area contributed by atoms with Gasteiger partial charge in [0.25, 0.3) is 0 Å². The zero-order valence-electron chi connectivity index (χ0n) is 19.3. The number of halogens is 4. The number of hydrogen-bond donors (Lipinski definition) is 2. The van der Waals surface area contributed by atoms with Gasteiger partial charge in [-0.1, -0.05) is 56.3 Å². The van der Waals surface area contributed by atoms with Gasteiger partial charge in [-0.15, -0.1) is 0 Å². The van der Waals surface area contributed by atoms with Crippen molar-refractivity contribution in [3.05, 3.63) is 59.1 Å². The lowest BCUT2D eigenvalue weighted by Gasteiger charge is -2.24. The minimum Gasteiger partial charge on any atom is -0.356 e. The summed E-state index contributed by atoms with van der Waals surface area (Å²) in [6, 6.07) is 10.5. The van der Waals surface area contributed by atoms with Crippen LogP contribution in [0.1, 0.15) is 57.4 Å². The van der Waals surface area contributed by atoms with Crippen LogP contribution in [0.2, 0.25) is 5.02 Å². The van der Waals surface area contributed by atoms with Crippen LogP contribution in [0.3, 0.4) is 0 Å². The molecule has 3 amide bonds. The van der Waals surface area contributed by atoms with E-state index in [4.69, 9.17) is 11.6 Å². The SMILES string of the molecule is CCCCCCCC(=O)NCCCN(C(=O)Nc1cccc(Cl)c1)c1cccc(C(F)(F)F)c1. The van der Waals surface area contributed by atoms with Crippen molar-refractivity contribution in [1.82, 2.24) is 5.32 Å². The fourth-order valence-corrected chi connectivity index (χ4v) is 3.59. The van der Waals surface area contributed by atoms with E-state index < -0.39 is 17.8 Å². The molecule has 2 N–H and O–H groups in total. The van der Waals surface area contributed by atoms with E-state index in [9.17, 15) is 22.8 Å². The lowest BCUT2D eigenvalue weighted by atomic mass is 10.1. The molecule has 0 aromatic heterocycles. The first-order valence-electron chi connectivity index (χ1n) is 11.5. The normalized spacial score (nSPS) is 11.2. The Morgan fingerprint density at radius 2 is 1.71 bits per heavy atom. The average Bonchev–Trinajstić information content (AvgIpc) is 2.78. The number of carbonyl (C=O) groups excluding carboxylic acids is 2. The second-order valence-corrected chi connectivity index (χ2v) is 8.44. The number of carbonyl (C=O) groups is 2. The van der Waals surface area contributed by atoms with Crippen molar-refractivity contribution in [2.24, 2.45) is 0 Å². The van der Waals surface area contributed by atoms with Crippen LogP contribution < -0.4 is 15.5 Å². The summed E-state index contributed by atoms with van der Waals surface area (Å²) < 4.78 is 39.6. The Hall–Kier alpha value is -2.74. The Balaban J connectivity index is 2.00. The summed E-state index contributed by atoms with van der Waals surface area (Å²) in [7, 11) is 0.